The van der Waals surface area contributed by atoms with Gasteiger partial charge >= 0.3 is 0 Å². The fraction of sp³-hybridized carbons (Fsp3) is 0.217. The summed E-state index contributed by atoms with van der Waals surface area (Å²) in [6.07, 6.45) is 3.32. The number of unbranched alkanes of at least 4 members (excludes halogenated alkanes) is 1. The summed E-state index contributed by atoms with van der Waals surface area (Å²) in [5, 5.41) is 12.9. The molecule has 9 heteroatoms. The van der Waals surface area contributed by atoms with E-state index in [9.17, 15) is 4.79 Å². The zero-order valence-electron chi connectivity index (χ0n) is 17.5. The molecule has 1 amide bonds. The van der Waals surface area contributed by atoms with Crippen molar-refractivity contribution in [2.75, 3.05) is 6.54 Å². The Kier molecular flexibility index (Phi) is 7.24. The zero-order valence-corrected chi connectivity index (χ0v) is 19.1. The molecule has 0 atom stereocenters. The number of amides is 1. The summed E-state index contributed by atoms with van der Waals surface area (Å²) in [6.45, 7) is 2.69. The predicted octanol–water partition coefficient (Wildman–Crippen LogP) is 5.40. The number of carbonyl (C=O) groups excluding carboxylic acids is 1. The van der Waals surface area contributed by atoms with Crippen LogP contribution in [-0.4, -0.2) is 32.2 Å². The van der Waals surface area contributed by atoms with Crippen molar-refractivity contribution in [2.45, 2.75) is 30.7 Å². The van der Waals surface area contributed by atoms with E-state index < -0.39 is 0 Å². The molecule has 0 aliphatic carbocycles. The maximum absolute atomic E-state index is 12.2. The summed E-state index contributed by atoms with van der Waals surface area (Å²) < 4.78 is 7.45. The van der Waals surface area contributed by atoms with Crippen LogP contribution in [0.2, 0.25) is 5.02 Å². The lowest BCUT2D eigenvalue weighted by molar-refractivity contribution is 0.0948. The third-order valence-corrected chi connectivity index (χ3v) is 5.93. The van der Waals surface area contributed by atoms with Crippen LogP contribution >= 0.6 is 23.4 Å². The highest BCUT2D eigenvalue weighted by molar-refractivity contribution is 7.98. The molecule has 32 heavy (non-hydrogen) atoms. The van der Waals surface area contributed by atoms with Gasteiger partial charge in [0.05, 0.1) is 10.8 Å². The van der Waals surface area contributed by atoms with E-state index in [1.165, 1.54) is 18.0 Å². The van der Waals surface area contributed by atoms with E-state index in [0.717, 1.165) is 24.1 Å². The second-order valence-electron chi connectivity index (χ2n) is 6.98. The molecule has 0 radical (unpaired) electrons. The molecule has 2 aromatic carbocycles. The van der Waals surface area contributed by atoms with Crippen LogP contribution in [0.15, 0.2) is 70.4 Å². The van der Waals surface area contributed by atoms with Gasteiger partial charge in [-0.1, -0.05) is 67.0 Å². The van der Waals surface area contributed by atoms with Gasteiger partial charge in [-0.2, -0.15) is 0 Å². The topological polar surface area (TPSA) is 85.8 Å². The molecule has 0 unspecified atom stereocenters. The van der Waals surface area contributed by atoms with Gasteiger partial charge in [-0.25, -0.2) is 4.98 Å². The van der Waals surface area contributed by atoms with E-state index in [-0.39, 0.29) is 11.6 Å². The highest BCUT2D eigenvalue weighted by Gasteiger charge is 2.19. The van der Waals surface area contributed by atoms with Crippen LogP contribution in [0.25, 0.3) is 17.1 Å². The van der Waals surface area contributed by atoms with Crippen LogP contribution < -0.4 is 5.32 Å². The summed E-state index contributed by atoms with van der Waals surface area (Å²) >= 11 is 7.85. The quantitative estimate of drug-likeness (QED) is 0.262. The van der Waals surface area contributed by atoms with Gasteiger partial charge in [0.2, 0.25) is 5.89 Å². The Balaban J connectivity index is 1.56. The minimum absolute atomic E-state index is 0.230. The van der Waals surface area contributed by atoms with Gasteiger partial charge < -0.3 is 9.73 Å². The second kappa shape index (κ2) is 10.5. The summed E-state index contributed by atoms with van der Waals surface area (Å²) in [4.78, 5) is 16.5. The Hall–Kier alpha value is -3.10. The third-order valence-electron chi connectivity index (χ3n) is 4.69. The Morgan fingerprint density at radius 3 is 2.69 bits per heavy atom. The van der Waals surface area contributed by atoms with E-state index in [1.807, 2.05) is 59.2 Å². The number of benzene rings is 2. The molecule has 2 heterocycles. The van der Waals surface area contributed by atoms with Crippen molar-refractivity contribution in [3.05, 3.63) is 77.5 Å². The number of thioether (sulfide) groups is 1. The summed E-state index contributed by atoms with van der Waals surface area (Å²) in [7, 11) is 0. The number of halogens is 1. The fourth-order valence-electron chi connectivity index (χ4n) is 3.07. The molecule has 0 bridgehead atoms. The van der Waals surface area contributed by atoms with Crippen LogP contribution in [0.3, 0.4) is 0 Å². The second-order valence-corrected chi connectivity index (χ2v) is 8.33. The first-order valence-corrected chi connectivity index (χ1v) is 11.6. The fourth-order valence-corrected chi connectivity index (χ4v) is 4.09. The first kappa shape index (κ1) is 22.1. The van der Waals surface area contributed by atoms with E-state index >= 15 is 0 Å². The summed E-state index contributed by atoms with van der Waals surface area (Å²) in [5.74, 6) is 1.26. The lowest BCUT2D eigenvalue weighted by Gasteiger charge is -2.10. The number of nitrogens with one attached hydrogen (secondary N) is 1. The first-order valence-electron chi connectivity index (χ1n) is 10.3. The smallest absolute Gasteiger partial charge is 0.273 e. The van der Waals surface area contributed by atoms with Gasteiger partial charge in [-0.3, -0.25) is 9.36 Å². The molecule has 4 rings (SSSR count). The van der Waals surface area contributed by atoms with Crippen molar-refractivity contribution in [1.29, 1.82) is 0 Å². The van der Waals surface area contributed by atoms with Crippen molar-refractivity contribution in [3.63, 3.8) is 0 Å². The largest absolute Gasteiger partial charge is 0.447 e. The maximum Gasteiger partial charge on any atom is 0.273 e. The zero-order chi connectivity index (χ0) is 22.3. The molecule has 0 aliphatic heterocycles. The highest BCUT2D eigenvalue weighted by atomic mass is 35.5. The summed E-state index contributed by atoms with van der Waals surface area (Å²) in [5.41, 5.74) is 1.98. The molecule has 0 spiro atoms. The molecule has 7 nitrogen and oxygen atoms in total. The molecular formula is C23H22ClN5O2S. The Labute approximate surface area is 195 Å². The number of hydrogen-bond donors (Lipinski definition) is 1. The molecule has 164 valence electrons. The minimum atomic E-state index is -0.230. The minimum Gasteiger partial charge on any atom is -0.447 e. The van der Waals surface area contributed by atoms with Crippen LogP contribution in [0.4, 0.5) is 0 Å². The molecule has 0 aliphatic rings. The van der Waals surface area contributed by atoms with E-state index in [1.54, 1.807) is 0 Å². The predicted molar refractivity (Wildman–Crippen MR) is 125 cm³/mol. The van der Waals surface area contributed by atoms with Crippen molar-refractivity contribution >= 4 is 29.3 Å². The number of hydrogen-bond acceptors (Lipinski definition) is 6. The Morgan fingerprint density at radius 1 is 1.12 bits per heavy atom. The van der Waals surface area contributed by atoms with Crippen molar-refractivity contribution < 1.29 is 9.21 Å². The number of oxazole rings is 1. The van der Waals surface area contributed by atoms with Gasteiger partial charge in [-0.05, 0) is 30.7 Å². The summed E-state index contributed by atoms with van der Waals surface area (Å²) in [6, 6.07) is 17.4. The van der Waals surface area contributed by atoms with Gasteiger partial charge in [0.1, 0.15) is 6.26 Å². The Morgan fingerprint density at radius 2 is 1.91 bits per heavy atom. The molecule has 0 fully saturated rings. The monoisotopic (exact) mass is 467 g/mol. The lowest BCUT2D eigenvalue weighted by atomic mass is 10.2. The van der Waals surface area contributed by atoms with Crippen LogP contribution in [0.5, 0.6) is 0 Å². The van der Waals surface area contributed by atoms with Crippen LogP contribution in [0, 0.1) is 0 Å². The number of nitrogens with zero attached hydrogens (tertiary/aromatic N) is 4. The highest BCUT2D eigenvalue weighted by Crippen LogP contribution is 2.32. The SMILES string of the molecule is CCCCNC(=O)c1coc(CSc2nnc(-c3ccccc3Cl)n2-c2ccccc2)n1. The number of carbonyl (C=O) groups is 1. The van der Waals surface area contributed by atoms with Gasteiger partial charge in [0, 0.05) is 17.8 Å². The molecule has 0 saturated carbocycles. The molecule has 1 N–H and O–H groups in total. The van der Waals surface area contributed by atoms with Gasteiger partial charge in [0.15, 0.2) is 16.7 Å². The molecular weight excluding hydrogens is 446 g/mol. The van der Waals surface area contributed by atoms with Crippen molar-refractivity contribution in [3.8, 4) is 17.1 Å². The Bertz CT molecular complexity index is 1190. The normalized spacial score (nSPS) is 10.9. The molecule has 4 aromatic rings. The first-order chi connectivity index (χ1) is 15.7. The van der Waals surface area contributed by atoms with Crippen molar-refractivity contribution in [2.24, 2.45) is 0 Å². The van der Waals surface area contributed by atoms with E-state index in [2.05, 4.69) is 27.4 Å². The van der Waals surface area contributed by atoms with Crippen LogP contribution in [-0.2, 0) is 5.75 Å². The number of para-hydroxylation sites is 1. The van der Waals surface area contributed by atoms with Crippen molar-refractivity contribution in [1.82, 2.24) is 25.1 Å². The molecule has 0 saturated heterocycles. The number of aromatic nitrogens is 4. The van der Waals surface area contributed by atoms with E-state index in [0.29, 0.717) is 34.2 Å². The van der Waals surface area contributed by atoms with Gasteiger partial charge in [0.25, 0.3) is 5.91 Å². The average Bonchev–Trinajstić information content (AvgIpc) is 3.46. The van der Waals surface area contributed by atoms with Crippen LogP contribution in [0.1, 0.15) is 36.1 Å². The van der Waals surface area contributed by atoms with E-state index in [4.69, 9.17) is 16.0 Å². The molecule has 2 aromatic heterocycles. The van der Waals surface area contributed by atoms with Gasteiger partial charge in [-0.15, -0.1) is 10.2 Å². The standard InChI is InChI=1S/C23H22ClN5O2S/c1-2-3-13-25-22(30)19-14-31-20(26-19)15-32-23-28-27-21(17-11-7-8-12-18(17)24)29(23)16-9-5-4-6-10-16/h4-12,14H,2-3,13,15H2,1H3,(H,25,30). The lowest BCUT2D eigenvalue weighted by Crippen LogP contribution is -2.24. The number of rotatable bonds is 9. The third kappa shape index (κ3) is 5.03. The average molecular weight is 468 g/mol. The maximum atomic E-state index is 12.2.